The lowest BCUT2D eigenvalue weighted by molar-refractivity contribution is 0.177. The largest absolute Gasteiger partial charge is 0.388 e. The zero-order chi connectivity index (χ0) is 14.0. The van der Waals surface area contributed by atoms with Crippen molar-refractivity contribution in [2.75, 3.05) is 0 Å². The number of aliphatic hydroxyl groups excluding tert-OH is 1. The van der Waals surface area contributed by atoms with E-state index in [1.807, 2.05) is 6.92 Å². The molecule has 0 saturated carbocycles. The van der Waals surface area contributed by atoms with Gasteiger partial charge in [0.2, 0.25) is 0 Å². The lowest BCUT2D eigenvalue weighted by atomic mass is 10.00. The zero-order valence-electron chi connectivity index (χ0n) is 10.3. The van der Waals surface area contributed by atoms with Crippen LogP contribution in [0.5, 0.6) is 0 Å². The zero-order valence-corrected chi connectivity index (χ0v) is 11.1. The summed E-state index contributed by atoms with van der Waals surface area (Å²) in [5.74, 6) is -1.05. The molecule has 0 aromatic heterocycles. The molecule has 1 atom stereocenters. The fourth-order valence-corrected chi connectivity index (χ4v) is 2.03. The van der Waals surface area contributed by atoms with Gasteiger partial charge in [0, 0.05) is 11.4 Å². The first-order chi connectivity index (χ1) is 8.97. The summed E-state index contributed by atoms with van der Waals surface area (Å²) in [5.41, 5.74) is 1.62. The third-order valence-electron chi connectivity index (χ3n) is 3.00. The van der Waals surface area contributed by atoms with Crippen LogP contribution in [0.3, 0.4) is 0 Å². The van der Waals surface area contributed by atoms with Crippen molar-refractivity contribution in [3.8, 4) is 0 Å². The lowest BCUT2D eigenvalue weighted by Gasteiger charge is -2.13. The number of rotatable bonds is 3. The fourth-order valence-electron chi connectivity index (χ4n) is 1.84. The van der Waals surface area contributed by atoms with Crippen LogP contribution in [-0.4, -0.2) is 5.11 Å². The van der Waals surface area contributed by atoms with Gasteiger partial charge in [0.25, 0.3) is 0 Å². The van der Waals surface area contributed by atoms with Gasteiger partial charge < -0.3 is 5.11 Å². The first-order valence-corrected chi connectivity index (χ1v) is 6.23. The molecule has 0 aliphatic carbocycles. The molecule has 2 aromatic rings. The van der Waals surface area contributed by atoms with Gasteiger partial charge in [-0.3, -0.25) is 0 Å². The minimum absolute atomic E-state index is 0.00296. The van der Waals surface area contributed by atoms with Crippen LogP contribution >= 0.6 is 11.6 Å². The average molecular weight is 283 g/mol. The number of hydrogen-bond acceptors (Lipinski definition) is 1. The molecule has 0 radical (unpaired) electrons. The second-order valence-corrected chi connectivity index (χ2v) is 4.87. The van der Waals surface area contributed by atoms with E-state index in [1.54, 1.807) is 18.2 Å². The van der Waals surface area contributed by atoms with Crippen LogP contribution in [-0.2, 0) is 6.42 Å². The molecule has 0 fully saturated rings. The van der Waals surface area contributed by atoms with Gasteiger partial charge in [0.1, 0.15) is 11.6 Å². The Bertz CT molecular complexity index is 599. The minimum Gasteiger partial charge on any atom is -0.388 e. The first kappa shape index (κ1) is 14.0. The Labute approximate surface area is 115 Å². The minimum atomic E-state index is -0.922. The molecule has 2 aromatic carbocycles. The van der Waals surface area contributed by atoms with Gasteiger partial charge >= 0.3 is 0 Å². The van der Waals surface area contributed by atoms with Crippen LogP contribution in [0.4, 0.5) is 8.78 Å². The fraction of sp³-hybridized carbons (Fsp3) is 0.200. The molecule has 100 valence electrons. The quantitative estimate of drug-likeness (QED) is 0.894. The summed E-state index contributed by atoms with van der Waals surface area (Å²) < 4.78 is 26.5. The van der Waals surface area contributed by atoms with E-state index in [2.05, 4.69) is 0 Å². The number of hydrogen-bond donors (Lipinski definition) is 1. The van der Waals surface area contributed by atoms with Crippen molar-refractivity contribution in [2.24, 2.45) is 0 Å². The molecule has 2 rings (SSSR count). The van der Waals surface area contributed by atoms with Crippen LogP contribution in [0.25, 0.3) is 0 Å². The Balaban J connectivity index is 2.22. The summed E-state index contributed by atoms with van der Waals surface area (Å²) in [6, 6.07) is 8.34. The smallest absolute Gasteiger partial charge is 0.126 e. The average Bonchev–Trinajstić information content (AvgIpc) is 2.37. The molecular weight excluding hydrogens is 270 g/mol. The molecule has 19 heavy (non-hydrogen) atoms. The van der Waals surface area contributed by atoms with Crippen molar-refractivity contribution < 1.29 is 13.9 Å². The predicted molar refractivity (Wildman–Crippen MR) is 71.2 cm³/mol. The summed E-state index contributed by atoms with van der Waals surface area (Å²) in [6.45, 7) is 1.85. The number of aryl methyl sites for hydroxylation is 1. The molecule has 0 bridgehead atoms. The topological polar surface area (TPSA) is 20.2 Å². The van der Waals surface area contributed by atoms with Gasteiger partial charge in [-0.15, -0.1) is 0 Å². The van der Waals surface area contributed by atoms with E-state index in [4.69, 9.17) is 11.6 Å². The van der Waals surface area contributed by atoms with Gasteiger partial charge in [-0.2, -0.15) is 0 Å². The van der Waals surface area contributed by atoms with Gasteiger partial charge in [0.15, 0.2) is 0 Å². The van der Waals surface area contributed by atoms with Crippen molar-refractivity contribution in [3.05, 3.63) is 69.7 Å². The third kappa shape index (κ3) is 3.31. The van der Waals surface area contributed by atoms with Crippen molar-refractivity contribution in [2.45, 2.75) is 19.4 Å². The Morgan fingerprint density at radius 2 is 1.89 bits per heavy atom. The van der Waals surface area contributed by atoms with Gasteiger partial charge in [-0.25, -0.2) is 8.78 Å². The molecule has 1 N–H and O–H groups in total. The van der Waals surface area contributed by atoms with Crippen molar-refractivity contribution in [1.29, 1.82) is 0 Å². The summed E-state index contributed by atoms with van der Waals surface area (Å²) >= 11 is 5.97. The van der Waals surface area contributed by atoms with Gasteiger partial charge in [-0.05, 0) is 47.9 Å². The van der Waals surface area contributed by atoms with Crippen LogP contribution in [0.15, 0.2) is 36.4 Å². The normalized spacial score (nSPS) is 12.5. The molecule has 1 unspecified atom stereocenters. The Hall–Kier alpha value is -1.45. The van der Waals surface area contributed by atoms with E-state index >= 15 is 0 Å². The van der Waals surface area contributed by atoms with E-state index in [-0.39, 0.29) is 12.0 Å². The molecule has 0 saturated heterocycles. The maximum Gasteiger partial charge on any atom is 0.126 e. The third-order valence-corrected chi connectivity index (χ3v) is 3.41. The van der Waals surface area contributed by atoms with Crippen LogP contribution in [0, 0.1) is 18.6 Å². The Kier molecular flexibility index (Phi) is 4.17. The molecule has 0 aliphatic rings. The SMILES string of the molecule is Cc1ccc(C(O)Cc2cc(F)ccc2F)cc1Cl. The van der Waals surface area contributed by atoms with E-state index in [9.17, 15) is 13.9 Å². The summed E-state index contributed by atoms with van der Waals surface area (Å²) in [6.07, 6.45) is -0.919. The number of aliphatic hydroxyl groups is 1. The highest BCUT2D eigenvalue weighted by atomic mass is 35.5. The Morgan fingerprint density at radius 1 is 1.16 bits per heavy atom. The number of halogens is 3. The van der Waals surface area contributed by atoms with E-state index in [0.29, 0.717) is 10.6 Å². The van der Waals surface area contributed by atoms with Gasteiger partial charge in [-0.1, -0.05) is 23.7 Å². The van der Waals surface area contributed by atoms with Crippen LogP contribution < -0.4 is 0 Å². The predicted octanol–water partition coefficient (Wildman–Crippen LogP) is 4.20. The highest BCUT2D eigenvalue weighted by Gasteiger charge is 2.13. The van der Waals surface area contributed by atoms with Crippen LogP contribution in [0.2, 0.25) is 5.02 Å². The molecule has 4 heteroatoms. The molecule has 0 amide bonds. The monoisotopic (exact) mass is 282 g/mol. The highest BCUT2D eigenvalue weighted by molar-refractivity contribution is 6.31. The second kappa shape index (κ2) is 5.68. The van der Waals surface area contributed by atoms with E-state index < -0.39 is 17.7 Å². The summed E-state index contributed by atoms with van der Waals surface area (Å²) in [4.78, 5) is 0. The van der Waals surface area contributed by atoms with Crippen molar-refractivity contribution >= 4 is 11.6 Å². The Morgan fingerprint density at radius 3 is 2.58 bits per heavy atom. The lowest BCUT2D eigenvalue weighted by Crippen LogP contribution is -2.04. The van der Waals surface area contributed by atoms with Gasteiger partial charge in [0.05, 0.1) is 6.10 Å². The summed E-state index contributed by atoms with van der Waals surface area (Å²) in [7, 11) is 0. The van der Waals surface area contributed by atoms with Crippen molar-refractivity contribution in [1.82, 2.24) is 0 Å². The second-order valence-electron chi connectivity index (χ2n) is 4.46. The molecule has 1 nitrogen and oxygen atoms in total. The summed E-state index contributed by atoms with van der Waals surface area (Å²) in [5, 5.41) is 10.6. The van der Waals surface area contributed by atoms with E-state index in [1.165, 1.54) is 0 Å². The molecule has 0 spiro atoms. The van der Waals surface area contributed by atoms with E-state index in [0.717, 1.165) is 23.8 Å². The molecular formula is C15H13ClF2O. The van der Waals surface area contributed by atoms with Crippen molar-refractivity contribution in [3.63, 3.8) is 0 Å². The molecule has 0 aliphatic heterocycles. The number of benzene rings is 2. The maximum absolute atomic E-state index is 13.5. The maximum atomic E-state index is 13.5. The first-order valence-electron chi connectivity index (χ1n) is 5.85. The highest BCUT2D eigenvalue weighted by Crippen LogP contribution is 2.25. The van der Waals surface area contributed by atoms with Crippen LogP contribution in [0.1, 0.15) is 22.8 Å². The standard InChI is InChI=1S/C15H13ClF2O/c1-9-2-3-10(7-13(9)16)15(19)8-11-6-12(17)4-5-14(11)18/h2-7,15,19H,8H2,1H3. The molecule has 0 heterocycles.